The van der Waals surface area contributed by atoms with Crippen LogP contribution in [0.2, 0.25) is 0 Å². The number of nitrogens with zero attached hydrogens (tertiary/aromatic N) is 2. The van der Waals surface area contributed by atoms with Crippen LogP contribution in [0.3, 0.4) is 0 Å². The Balaban J connectivity index is 0.000000274. The monoisotopic (exact) mass is 962 g/mol. The Morgan fingerprint density at radius 3 is 1.90 bits per heavy atom. The second kappa shape index (κ2) is 33.6. The Morgan fingerprint density at radius 2 is 1.36 bits per heavy atom. The highest BCUT2D eigenvalue weighted by Crippen LogP contribution is 2.34. The van der Waals surface area contributed by atoms with E-state index in [1.165, 1.54) is 75.8 Å². The number of benzene rings is 3. The van der Waals surface area contributed by atoms with E-state index < -0.39 is 14.9 Å². The van der Waals surface area contributed by atoms with Crippen LogP contribution in [0.1, 0.15) is 164 Å². The first-order chi connectivity index (χ1) is 32.4. The van der Waals surface area contributed by atoms with Gasteiger partial charge in [-0.3, -0.25) is 34.5 Å². The molecule has 67 heavy (non-hydrogen) atoms. The first-order valence-electron chi connectivity index (χ1n) is 24.6. The minimum absolute atomic E-state index is 0.152. The average Bonchev–Trinajstić information content (AvgIpc) is 3.86. The van der Waals surface area contributed by atoms with Crippen molar-refractivity contribution < 1.29 is 27.9 Å². The summed E-state index contributed by atoms with van der Waals surface area (Å²) in [4.78, 5) is 42.6. The Bertz CT molecular complexity index is 2020. The number of carbonyl (C=O) groups is 2. The lowest BCUT2D eigenvalue weighted by molar-refractivity contribution is -0.484. The zero-order valence-electron chi connectivity index (χ0n) is 39.6. The Hall–Kier alpha value is -4.86. The van der Waals surface area contributed by atoms with Crippen LogP contribution >= 0.6 is 12.2 Å². The van der Waals surface area contributed by atoms with E-state index >= 15 is 0 Å². The van der Waals surface area contributed by atoms with Gasteiger partial charge >= 0.3 is 0 Å². The first kappa shape index (κ1) is 56.5. The summed E-state index contributed by atoms with van der Waals surface area (Å²) in [6.07, 6.45) is 27.4. The Morgan fingerprint density at radius 1 is 0.761 bits per heavy atom. The molecule has 0 unspecified atom stereocenters. The minimum Gasteiger partial charge on any atom is -0.360 e. The Labute approximate surface area is 405 Å². The molecule has 368 valence electrons. The van der Waals surface area contributed by atoms with Gasteiger partial charge in [0.05, 0.1) is 15.7 Å². The molecule has 6 rings (SSSR count). The number of Topliss-reactive ketones (excluding diaryl/α,β-unsaturated/α-hetero) is 2. The molecule has 2 saturated carbocycles. The first-order valence-corrected chi connectivity index (χ1v) is 26.5. The standard InChI is InChI=1S/C24H41N3O2S2.C14H17NO3.C8H7NO2.C6H10O/c1-2-3-4-5-6-7-8-9-10-11-13-21-15-17-23(18-16-21)31(28,29)27-24(30)26-20-22-14-12-19-25-22;16-14-9-5-4-8-12(14)13(10-15(17)18)11-6-2-1-3-7-11;10-9(11)7-6-8-4-2-1-3-5-8;7-6-4-2-1-3-5-6/h15-18,22,25H,2-14,19-20H2,1H3,(H2,26,27,30);1-3,6-7,12-13H,4-5,8-10H2;1-7H;1-5H2/b;;7-6+;/t22-;12-,13-;;/m00../s1. The molecule has 3 atom stereocenters. The van der Waals surface area contributed by atoms with E-state index in [4.69, 9.17) is 12.2 Å². The van der Waals surface area contributed by atoms with Gasteiger partial charge in [-0.2, -0.15) is 0 Å². The molecule has 15 heteroatoms. The smallest absolute Gasteiger partial charge is 0.263 e. The lowest BCUT2D eigenvalue weighted by Crippen LogP contribution is -2.44. The molecular weight excluding hydrogens is 887 g/mol. The number of ketones is 2. The highest BCUT2D eigenvalue weighted by molar-refractivity contribution is 7.91. The van der Waals surface area contributed by atoms with Crippen LogP contribution in [-0.2, 0) is 26.0 Å². The molecule has 3 aliphatic rings. The maximum atomic E-state index is 12.5. The van der Waals surface area contributed by atoms with Crippen LogP contribution in [0.5, 0.6) is 0 Å². The fourth-order valence-electron chi connectivity index (χ4n) is 8.43. The van der Waals surface area contributed by atoms with Gasteiger partial charge in [0.15, 0.2) is 5.11 Å². The second-order valence-corrected chi connectivity index (χ2v) is 19.7. The number of aryl methyl sites for hydroxylation is 1. The molecule has 2 aliphatic carbocycles. The van der Waals surface area contributed by atoms with E-state index in [-0.39, 0.29) is 39.1 Å². The molecule has 1 heterocycles. The van der Waals surface area contributed by atoms with E-state index in [1.54, 1.807) is 24.3 Å². The van der Waals surface area contributed by atoms with Crippen molar-refractivity contribution in [2.45, 2.75) is 165 Å². The van der Waals surface area contributed by atoms with Crippen molar-refractivity contribution in [2.24, 2.45) is 5.92 Å². The number of rotatable bonds is 21. The summed E-state index contributed by atoms with van der Waals surface area (Å²) >= 11 is 5.16. The molecule has 1 aliphatic heterocycles. The van der Waals surface area contributed by atoms with Crippen LogP contribution in [-0.4, -0.2) is 60.6 Å². The summed E-state index contributed by atoms with van der Waals surface area (Å²) in [5.41, 5.74) is 2.94. The predicted octanol–water partition coefficient (Wildman–Crippen LogP) is 11.3. The van der Waals surface area contributed by atoms with E-state index in [0.717, 1.165) is 94.5 Å². The number of nitro groups is 2. The second-order valence-electron chi connectivity index (χ2n) is 17.6. The lowest BCUT2D eigenvalue weighted by atomic mass is 9.76. The zero-order chi connectivity index (χ0) is 48.5. The number of hydrogen-bond donors (Lipinski definition) is 3. The topological polar surface area (TPSA) is 191 Å². The van der Waals surface area contributed by atoms with Gasteiger partial charge in [0.25, 0.3) is 10.0 Å². The molecule has 3 N–H and O–H groups in total. The number of nitrogens with one attached hydrogen (secondary N) is 3. The van der Waals surface area contributed by atoms with Gasteiger partial charge in [0.2, 0.25) is 12.7 Å². The highest BCUT2D eigenvalue weighted by atomic mass is 32.2. The van der Waals surface area contributed by atoms with Crippen LogP contribution in [0.15, 0.2) is 96.0 Å². The van der Waals surface area contributed by atoms with Gasteiger partial charge < -0.3 is 10.6 Å². The zero-order valence-corrected chi connectivity index (χ0v) is 41.3. The average molecular weight is 962 g/mol. The largest absolute Gasteiger partial charge is 0.360 e. The third-order valence-corrected chi connectivity index (χ3v) is 14.0. The summed E-state index contributed by atoms with van der Waals surface area (Å²) in [5.74, 6) is 0.212. The molecule has 0 bridgehead atoms. The number of carbonyl (C=O) groups excluding carboxylic acids is 2. The Kier molecular flexibility index (Phi) is 28.3. The normalized spacial score (nSPS) is 17.4. The molecule has 0 radical (unpaired) electrons. The molecule has 0 spiro atoms. The third-order valence-electron chi connectivity index (χ3n) is 12.2. The van der Waals surface area contributed by atoms with Crippen molar-refractivity contribution >= 4 is 45.0 Å². The number of sulfonamides is 1. The number of thiocarbonyl (C=S) groups is 1. The van der Waals surface area contributed by atoms with Crippen LogP contribution < -0.4 is 15.4 Å². The molecule has 1 saturated heterocycles. The highest BCUT2D eigenvalue weighted by Gasteiger charge is 2.34. The van der Waals surface area contributed by atoms with Gasteiger partial charge in [-0.05, 0) is 99.0 Å². The maximum absolute atomic E-state index is 12.5. The van der Waals surface area contributed by atoms with E-state index in [2.05, 4.69) is 22.3 Å². The van der Waals surface area contributed by atoms with Crippen molar-refractivity contribution in [2.75, 3.05) is 19.6 Å². The summed E-state index contributed by atoms with van der Waals surface area (Å²) in [6, 6.07) is 26.1. The summed E-state index contributed by atoms with van der Waals surface area (Å²) in [6.45, 7) is 3.75. The summed E-state index contributed by atoms with van der Waals surface area (Å²) in [5, 5.41) is 27.2. The molecule has 0 amide bonds. The van der Waals surface area contributed by atoms with Crippen LogP contribution in [0, 0.1) is 26.1 Å². The van der Waals surface area contributed by atoms with E-state index in [0.29, 0.717) is 24.8 Å². The number of unbranched alkanes of at least 4 members (excludes halogenated alkanes) is 9. The van der Waals surface area contributed by atoms with E-state index in [9.17, 15) is 38.2 Å². The van der Waals surface area contributed by atoms with E-state index in [1.807, 2.05) is 60.7 Å². The minimum atomic E-state index is -3.64. The predicted molar refractivity (Wildman–Crippen MR) is 273 cm³/mol. The quantitative estimate of drug-likeness (QED) is 0.0398. The van der Waals surface area contributed by atoms with Crippen LogP contribution in [0.25, 0.3) is 6.08 Å². The fourth-order valence-corrected chi connectivity index (χ4v) is 9.78. The van der Waals surface area contributed by atoms with Crippen molar-refractivity contribution in [3.05, 3.63) is 128 Å². The number of hydrogen-bond acceptors (Lipinski definition) is 10. The van der Waals surface area contributed by atoms with Gasteiger partial charge in [0.1, 0.15) is 11.6 Å². The molecular formula is C52H75N5O8S2. The van der Waals surface area contributed by atoms with Gasteiger partial charge in [-0.1, -0.05) is 150 Å². The molecule has 13 nitrogen and oxygen atoms in total. The van der Waals surface area contributed by atoms with Gasteiger partial charge in [-0.15, -0.1) is 0 Å². The van der Waals surface area contributed by atoms with Crippen molar-refractivity contribution in [1.29, 1.82) is 0 Å². The molecule has 3 aromatic carbocycles. The summed E-state index contributed by atoms with van der Waals surface area (Å²) in [7, 11) is -3.64. The van der Waals surface area contributed by atoms with Crippen molar-refractivity contribution in [3.63, 3.8) is 0 Å². The molecule has 3 fully saturated rings. The third kappa shape index (κ3) is 25.2. The van der Waals surface area contributed by atoms with Crippen molar-refractivity contribution in [3.8, 4) is 0 Å². The maximum Gasteiger partial charge on any atom is 0.263 e. The lowest BCUT2D eigenvalue weighted by Gasteiger charge is -2.26. The van der Waals surface area contributed by atoms with Gasteiger partial charge in [-0.25, -0.2) is 8.42 Å². The fraction of sp³-hybridized carbons (Fsp3) is 0.558. The van der Waals surface area contributed by atoms with Gasteiger partial charge in [0, 0.05) is 48.8 Å². The van der Waals surface area contributed by atoms with Crippen molar-refractivity contribution in [1.82, 2.24) is 15.4 Å². The molecule has 0 aromatic heterocycles. The molecule has 3 aromatic rings. The van der Waals surface area contributed by atoms with Crippen LogP contribution in [0.4, 0.5) is 0 Å². The summed E-state index contributed by atoms with van der Waals surface area (Å²) < 4.78 is 27.5. The SMILES string of the molecule is CCCCCCCCCCCCc1ccc(S(=O)(=O)NC(=S)NC[C@@H]2CCCN2)cc1.O=C1CCCCC1.O=C1CCCC[C@H]1[C@@H](C[N+](=O)[O-])c1ccccc1.O=[N+]([O-])/C=C/c1ccccc1.